The highest BCUT2D eigenvalue weighted by atomic mass is 16.6. The summed E-state index contributed by atoms with van der Waals surface area (Å²) in [6.45, 7) is 3.44. The quantitative estimate of drug-likeness (QED) is 0.228. The van der Waals surface area contributed by atoms with Crippen LogP contribution in [0.2, 0.25) is 0 Å². The number of methoxy groups -OCH3 is 1. The Kier molecular flexibility index (Phi) is 11.9. The summed E-state index contributed by atoms with van der Waals surface area (Å²) in [7, 11) is 1.21. The highest BCUT2D eigenvalue weighted by Crippen LogP contribution is 2.18. The van der Waals surface area contributed by atoms with Gasteiger partial charge in [-0.3, -0.25) is 4.79 Å². The van der Waals surface area contributed by atoms with Crippen LogP contribution in [-0.4, -0.2) is 53.3 Å². The fourth-order valence-electron chi connectivity index (χ4n) is 4.16. The molecule has 2 N–H and O–H groups in total. The highest BCUT2D eigenvalue weighted by molar-refractivity contribution is 5.96. The molecule has 0 radical (unpaired) electrons. The van der Waals surface area contributed by atoms with E-state index in [4.69, 9.17) is 14.2 Å². The number of benzene rings is 3. The van der Waals surface area contributed by atoms with Crippen molar-refractivity contribution in [2.75, 3.05) is 7.11 Å². The van der Waals surface area contributed by atoms with Crippen molar-refractivity contribution in [3.63, 3.8) is 0 Å². The number of ether oxygens (including phenoxy) is 3. The molecule has 0 saturated heterocycles. The van der Waals surface area contributed by atoms with Crippen molar-refractivity contribution in [2.45, 2.75) is 52.0 Å². The molecule has 0 aliphatic carbocycles. The first-order valence-corrected chi connectivity index (χ1v) is 13.5. The maximum atomic E-state index is 13.8. The molecule has 2 atom stereocenters. The Balaban J connectivity index is 1.96. The normalized spacial score (nSPS) is 12.1. The number of carbonyl (C=O) groups excluding carboxylic acids is 4. The van der Waals surface area contributed by atoms with Gasteiger partial charge in [0.1, 0.15) is 31.0 Å². The second kappa shape index (κ2) is 15.8. The van der Waals surface area contributed by atoms with E-state index in [9.17, 15) is 24.3 Å². The van der Waals surface area contributed by atoms with Gasteiger partial charge in [0.15, 0.2) is 0 Å². The predicted molar refractivity (Wildman–Crippen MR) is 154 cm³/mol. The number of rotatable bonds is 12. The summed E-state index contributed by atoms with van der Waals surface area (Å²) in [5.74, 6) is -1.42. The summed E-state index contributed by atoms with van der Waals surface area (Å²) in [5, 5.41) is 12.4. The van der Waals surface area contributed by atoms with Crippen LogP contribution in [-0.2, 0) is 43.4 Å². The number of hydrogen-bond donors (Lipinski definition) is 2. The molecule has 0 bridgehead atoms. The van der Waals surface area contributed by atoms with Crippen LogP contribution in [0.5, 0.6) is 5.75 Å². The first kappa shape index (κ1) is 31.7. The third kappa shape index (κ3) is 9.65. The van der Waals surface area contributed by atoms with Crippen molar-refractivity contribution >= 4 is 24.1 Å². The van der Waals surface area contributed by atoms with E-state index in [2.05, 4.69) is 5.32 Å². The van der Waals surface area contributed by atoms with Crippen LogP contribution in [0.15, 0.2) is 84.9 Å². The molecule has 10 heteroatoms. The van der Waals surface area contributed by atoms with E-state index >= 15 is 0 Å². The minimum atomic E-state index is -1.47. The number of nitrogens with zero attached hydrogens (tertiary/aromatic N) is 1. The molecule has 0 aliphatic heterocycles. The maximum Gasteiger partial charge on any atom is 0.420 e. The van der Waals surface area contributed by atoms with Crippen molar-refractivity contribution in [3.8, 4) is 5.75 Å². The molecule has 0 saturated carbocycles. The van der Waals surface area contributed by atoms with Gasteiger partial charge < -0.3 is 24.6 Å². The fraction of sp³-hybridized carbons (Fsp3) is 0.312. The van der Waals surface area contributed by atoms with Crippen molar-refractivity contribution in [1.82, 2.24) is 10.2 Å². The van der Waals surface area contributed by atoms with Gasteiger partial charge in [0.25, 0.3) is 0 Å². The van der Waals surface area contributed by atoms with Crippen LogP contribution in [0.3, 0.4) is 0 Å². The zero-order valence-corrected chi connectivity index (χ0v) is 23.9. The van der Waals surface area contributed by atoms with Gasteiger partial charge in [-0.15, -0.1) is 0 Å². The zero-order valence-electron chi connectivity index (χ0n) is 23.9. The second-order valence-electron chi connectivity index (χ2n) is 10.1. The molecule has 0 heterocycles. The average molecular weight is 577 g/mol. The van der Waals surface area contributed by atoms with Gasteiger partial charge in [-0.25, -0.2) is 14.4 Å². The van der Waals surface area contributed by atoms with Gasteiger partial charge in [-0.1, -0.05) is 86.6 Å². The third-order valence-corrected chi connectivity index (χ3v) is 6.29. The van der Waals surface area contributed by atoms with Crippen molar-refractivity contribution in [3.05, 3.63) is 102 Å². The largest absolute Gasteiger partial charge is 0.508 e. The fourth-order valence-corrected chi connectivity index (χ4v) is 4.16. The molecule has 0 aromatic heterocycles. The number of amides is 3. The first-order chi connectivity index (χ1) is 20.2. The van der Waals surface area contributed by atoms with Crippen LogP contribution in [0.25, 0.3) is 0 Å². The number of nitrogens with one attached hydrogen (secondary N) is 1. The Bertz CT molecular complexity index is 1260. The molecule has 3 rings (SSSR count). The van der Waals surface area contributed by atoms with Crippen molar-refractivity contribution < 1.29 is 38.5 Å². The van der Waals surface area contributed by atoms with E-state index < -0.39 is 36.1 Å². The summed E-state index contributed by atoms with van der Waals surface area (Å²) < 4.78 is 15.8. The summed E-state index contributed by atoms with van der Waals surface area (Å²) in [6, 6.07) is 21.2. The Morgan fingerprint density at radius 3 is 1.71 bits per heavy atom. The molecule has 42 heavy (non-hydrogen) atoms. The molecule has 0 spiro atoms. The van der Waals surface area contributed by atoms with E-state index in [0.29, 0.717) is 21.6 Å². The number of aromatic hydroxyl groups is 1. The Morgan fingerprint density at radius 2 is 1.26 bits per heavy atom. The van der Waals surface area contributed by atoms with Crippen molar-refractivity contribution in [2.24, 2.45) is 5.92 Å². The molecule has 0 unspecified atom stereocenters. The zero-order chi connectivity index (χ0) is 30.5. The lowest BCUT2D eigenvalue weighted by atomic mass is 10.0. The SMILES string of the molecule is COC(=O)[C@H](CC(C)C)NC(=O)[C@@H](Cc1ccc(O)cc1)N(C(=O)OCc1ccccc1)C(=O)OCc1ccccc1. The summed E-state index contributed by atoms with van der Waals surface area (Å²) >= 11 is 0. The van der Waals surface area contributed by atoms with Gasteiger partial charge in [0, 0.05) is 6.42 Å². The first-order valence-electron chi connectivity index (χ1n) is 13.5. The summed E-state index contributed by atoms with van der Waals surface area (Å²) in [6.07, 6.45) is -2.09. The molecule has 3 amide bonds. The number of phenols is 1. The van der Waals surface area contributed by atoms with E-state index in [1.807, 2.05) is 26.0 Å². The van der Waals surface area contributed by atoms with Crippen molar-refractivity contribution in [1.29, 1.82) is 0 Å². The molecular formula is C32H36N2O8. The van der Waals surface area contributed by atoms with Crippen LogP contribution in [0, 0.1) is 5.92 Å². The van der Waals surface area contributed by atoms with Crippen LogP contribution in [0.1, 0.15) is 37.0 Å². The number of esters is 1. The summed E-state index contributed by atoms with van der Waals surface area (Å²) in [4.78, 5) is 53.9. The molecule has 0 fully saturated rings. The minimum Gasteiger partial charge on any atom is -0.508 e. The molecule has 0 aliphatic rings. The standard InChI is InChI=1S/C32H36N2O8/c1-22(2)18-27(30(37)40-3)33-29(36)28(19-23-14-16-26(35)17-15-23)34(31(38)41-20-24-10-6-4-7-11-24)32(39)42-21-25-12-8-5-9-13-25/h4-17,22,27-28,35H,18-21H2,1-3H3,(H,33,36)/t27-,28+/m0/s1. The Labute approximate surface area is 245 Å². The van der Waals surface area contributed by atoms with E-state index in [1.165, 1.54) is 19.2 Å². The Morgan fingerprint density at radius 1 is 0.762 bits per heavy atom. The topological polar surface area (TPSA) is 131 Å². The van der Waals surface area contributed by atoms with Gasteiger partial charge in [-0.05, 0) is 41.2 Å². The molecule has 10 nitrogen and oxygen atoms in total. The average Bonchev–Trinajstić information content (AvgIpc) is 2.99. The predicted octanol–water partition coefficient (Wildman–Crippen LogP) is 4.98. The van der Waals surface area contributed by atoms with Crippen LogP contribution < -0.4 is 5.32 Å². The second-order valence-corrected chi connectivity index (χ2v) is 10.1. The van der Waals surface area contributed by atoms with Gasteiger partial charge in [-0.2, -0.15) is 4.90 Å². The van der Waals surface area contributed by atoms with Crippen LogP contribution in [0.4, 0.5) is 9.59 Å². The Hall–Kier alpha value is -4.86. The lowest BCUT2D eigenvalue weighted by Crippen LogP contribution is -2.56. The van der Waals surface area contributed by atoms with E-state index in [-0.39, 0.29) is 37.7 Å². The molecule has 222 valence electrons. The molecule has 3 aromatic rings. The summed E-state index contributed by atoms with van der Waals surface area (Å²) in [5.41, 5.74) is 1.87. The monoisotopic (exact) mass is 576 g/mol. The molecule has 3 aromatic carbocycles. The third-order valence-electron chi connectivity index (χ3n) is 6.29. The van der Waals surface area contributed by atoms with E-state index in [0.717, 1.165) is 0 Å². The molecular weight excluding hydrogens is 540 g/mol. The van der Waals surface area contributed by atoms with Gasteiger partial charge >= 0.3 is 18.2 Å². The lowest BCUT2D eigenvalue weighted by Gasteiger charge is -2.29. The minimum absolute atomic E-state index is 0.00355. The highest BCUT2D eigenvalue weighted by Gasteiger charge is 2.39. The number of carbonyl (C=O) groups is 4. The smallest absolute Gasteiger partial charge is 0.420 e. The van der Waals surface area contributed by atoms with Gasteiger partial charge in [0.05, 0.1) is 7.11 Å². The lowest BCUT2D eigenvalue weighted by molar-refractivity contribution is -0.146. The number of hydrogen-bond acceptors (Lipinski definition) is 8. The number of imide groups is 1. The van der Waals surface area contributed by atoms with Crippen LogP contribution >= 0.6 is 0 Å². The number of phenolic OH excluding ortho intramolecular Hbond substituents is 1. The van der Waals surface area contributed by atoms with E-state index in [1.54, 1.807) is 60.7 Å². The maximum absolute atomic E-state index is 13.8. The van der Waals surface area contributed by atoms with Gasteiger partial charge in [0.2, 0.25) is 5.91 Å².